The number of aromatic amines is 1. The molecular weight excluding hydrogens is 376 g/mol. The summed E-state index contributed by atoms with van der Waals surface area (Å²) in [5, 5.41) is 10.3. The van der Waals surface area contributed by atoms with Crippen molar-refractivity contribution in [1.29, 1.82) is 0 Å². The lowest BCUT2D eigenvalue weighted by Gasteiger charge is -2.24. The smallest absolute Gasteiger partial charge is 0.269 e. The third-order valence-corrected chi connectivity index (χ3v) is 5.17. The molecule has 2 N–H and O–H groups in total. The van der Waals surface area contributed by atoms with Crippen LogP contribution in [0.4, 0.5) is 0 Å². The normalized spacial score (nSPS) is 12.6. The van der Waals surface area contributed by atoms with Crippen molar-refractivity contribution in [3.05, 3.63) is 66.4 Å². The molecule has 4 aromatic rings. The number of benzene rings is 1. The predicted octanol–water partition coefficient (Wildman–Crippen LogP) is 4.53. The van der Waals surface area contributed by atoms with E-state index in [1.165, 1.54) is 0 Å². The van der Waals surface area contributed by atoms with Crippen LogP contribution in [0.3, 0.4) is 0 Å². The van der Waals surface area contributed by atoms with Crippen LogP contribution in [0.2, 0.25) is 0 Å². The highest BCUT2D eigenvalue weighted by Gasteiger charge is 2.27. The monoisotopic (exact) mass is 402 g/mol. The number of aromatic nitrogens is 5. The molecule has 0 unspecified atom stereocenters. The van der Waals surface area contributed by atoms with E-state index in [0.29, 0.717) is 11.4 Å². The van der Waals surface area contributed by atoms with Crippen molar-refractivity contribution in [1.82, 2.24) is 30.0 Å². The lowest BCUT2D eigenvalue weighted by molar-refractivity contribution is 0.0916. The van der Waals surface area contributed by atoms with Crippen LogP contribution >= 0.6 is 0 Å². The molecule has 0 aliphatic rings. The lowest BCUT2D eigenvalue weighted by Crippen LogP contribution is -2.34. The summed E-state index contributed by atoms with van der Waals surface area (Å²) in [5.41, 5.74) is 4.03. The maximum Gasteiger partial charge on any atom is 0.269 e. The zero-order chi connectivity index (χ0) is 21.3. The van der Waals surface area contributed by atoms with Crippen molar-refractivity contribution in [2.24, 2.45) is 5.92 Å². The van der Waals surface area contributed by atoms with Gasteiger partial charge in [-0.15, -0.1) is 0 Å². The number of rotatable bonds is 6. The molecule has 0 spiro atoms. The Bertz CT molecular complexity index is 1160. The Morgan fingerprint density at radius 1 is 1.07 bits per heavy atom. The quantitative estimate of drug-likeness (QED) is 0.496. The fourth-order valence-electron chi connectivity index (χ4n) is 3.68. The molecule has 0 saturated carbocycles. The molecule has 4 rings (SSSR count). The number of hydrogen-bond acceptors (Lipinski definition) is 4. The van der Waals surface area contributed by atoms with E-state index in [4.69, 9.17) is 4.98 Å². The van der Waals surface area contributed by atoms with Crippen molar-refractivity contribution in [2.45, 2.75) is 39.8 Å². The zero-order valence-electron chi connectivity index (χ0n) is 17.6. The summed E-state index contributed by atoms with van der Waals surface area (Å²) in [6.07, 6.45) is 3.41. The van der Waals surface area contributed by atoms with Crippen molar-refractivity contribution in [3.63, 3.8) is 0 Å². The number of fused-ring (bicyclic) bond motifs is 1. The van der Waals surface area contributed by atoms with Gasteiger partial charge in [-0.25, -0.2) is 4.98 Å². The van der Waals surface area contributed by atoms with Crippen LogP contribution in [0.25, 0.3) is 22.3 Å². The average Bonchev–Trinajstić information content (AvgIpc) is 3.37. The maximum atomic E-state index is 13.0. The van der Waals surface area contributed by atoms with Gasteiger partial charge in [-0.3, -0.25) is 14.9 Å². The molecule has 7 nitrogen and oxygen atoms in total. The predicted molar refractivity (Wildman–Crippen MR) is 117 cm³/mol. The summed E-state index contributed by atoms with van der Waals surface area (Å²) in [4.78, 5) is 21.9. The maximum absolute atomic E-state index is 13.0. The van der Waals surface area contributed by atoms with E-state index in [0.717, 1.165) is 22.4 Å². The van der Waals surface area contributed by atoms with Gasteiger partial charge in [0.1, 0.15) is 11.5 Å². The number of imidazole rings is 1. The van der Waals surface area contributed by atoms with Gasteiger partial charge in [0.15, 0.2) is 0 Å². The number of hydrogen-bond donors (Lipinski definition) is 2. The summed E-state index contributed by atoms with van der Waals surface area (Å²) < 4.78 is 2.20. The second-order valence-electron chi connectivity index (χ2n) is 8.02. The van der Waals surface area contributed by atoms with Gasteiger partial charge in [0.25, 0.3) is 5.91 Å². The molecule has 7 heteroatoms. The standard InChI is InChI=1S/C23H26N6O/c1-14(2)21(22-25-17-7-5-6-8-20(17)29(22)15(3)4)26-23(30)19-13-18(27-28-19)16-9-11-24-12-10-16/h5-15,21H,1-4H3,(H,26,30)(H,27,28)/t21-/m0/s1. The van der Waals surface area contributed by atoms with Gasteiger partial charge in [-0.1, -0.05) is 26.0 Å². The van der Waals surface area contributed by atoms with Gasteiger partial charge >= 0.3 is 0 Å². The number of carbonyl (C=O) groups excluding carboxylic acids is 1. The Hall–Kier alpha value is -3.48. The molecule has 154 valence electrons. The number of amides is 1. The molecule has 3 heterocycles. The lowest BCUT2D eigenvalue weighted by atomic mass is 10.0. The van der Waals surface area contributed by atoms with E-state index in [9.17, 15) is 4.79 Å². The first-order chi connectivity index (χ1) is 14.5. The molecule has 1 atom stereocenters. The number of nitrogens with one attached hydrogen (secondary N) is 2. The highest BCUT2D eigenvalue weighted by Crippen LogP contribution is 2.29. The van der Waals surface area contributed by atoms with Crippen molar-refractivity contribution >= 4 is 16.9 Å². The number of nitrogens with zero attached hydrogens (tertiary/aromatic N) is 4. The topological polar surface area (TPSA) is 88.5 Å². The minimum absolute atomic E-state index is 0.158. The van der Waals surface area contributed by atoms with Crippen molar-refractivity contribution in [3.8, 4) is 11.3 Å². The second-order valence-corrected chi connectivity index (χ2v) is 8.02. The molecule has 0 saturated heterocycles. The summed E-state index contributed by atoms with van der Waals surface area (Å²) in [5.74, 6) is 0.818. The van der Waals surface area contributed by atoms with E-state index < -0.39 is 0 Å². The van der Waals surface area contributed by atoms with Crippen molar-refractivity contribution < 1.29 is 4.79 Å². The van der Waals surface area contributed by atoms with Gasteiger partial charge in [-0.05, 0) is 50.1 Å². The Morgan fingerprint density at radius 2 is 1.80 bits per heavy atom. The minimum atomic E-state index is -0.236. The third-order valence-electron chi connectivity index (χ3n) is 5.17. The van der Waals surface area contributed by atoms with Gasteiger partial charge in [-0.2, -0.15) is 5.10 Å². The fourth-order valence-corrected chi connectivity index (χ4v) is 3.68. The SMILES string of the molecule is CC(C)[C@H](NC(=O)c1cc(-c2ccncc2)n[nH]1)c1nc2ccccc2n1C(C)C. The van der Waals surface area contributed by atoms with Gasteiger partial charge in [0.2, 0.25) is 0 Å². The van der Waals surface area contributed by atoms with Gasteiger partial charge in [0, 0.05) is 24.0 Å². The summed E-state index contributed by atoms with van der Waals surface area (Å²) in [6, 6.07) is 13.5. The van der Waals surface area contributed by atoms with E-state index in [1.54, 1.807) is 18.5 Å². The number of pyridine rings is 1. The first-order valence-electron chi connectivity index (χ1n) is 10.2. The summed E-state index contributed by atoms with van der Waals surface area (Å²) >= 11 is 0. The largest absolute Gasteiger partial charge is 0.340 e. The van der Waals surface area contributed by atoms with Crippen molar-refractivity contribution in [2.75, 3.05) is 0 Å². The third kappa shape index (κ3) is 3.70. The van der Waals surface area contributed by atoms with Crippen LogP contribution in [0.1, 0.15) is 56.1 Å². The fraction of sp³-hybridized carbons (Fsp3) is 0.304. The molecule has 1 aromatic carbocycles. The number of H-pyrrole nitrogens is 1. The van der Waals surface area contributed by atoms with Crippen LogP contribution in [0.5, 0.6) is 0 Å². The molecule has 30 heavy (non-hydrogen) atoms. The van der Waals surface area contributed by atoms with Gasteiger partial charge < -0.3 is 9.88 Å². The first-order valence-corrected chi connectivity index (χ1v) is 10.2. The van der Waals surface area contributed by atoms with Crippen LogP contribution in [0.15, 0.2) is 54.9 Å². The van der Waals surface area contributed by atoms with E-state index >= 15 is 0 Å². The Labute approximate surface area is 175 Å². The Kier molecular flexibility index (Phi) is 5.35. The van der Waals surface area contributed by atoms with Gasteiger partial charge in [0.05, 0.1) is 22.8 Å². The molecule has 0 bridgehead atoms. The van der Waals surface area contributed by atoms with Crippen LogP contribution in [-0.4, -0.2) is 30.6 Å². The highest BCUT2D eigenvalue weighted by molar-refractivity contribution is 5.93. The summed E-state index contributed by atoms with van der Waals surface area (Å²) in [7, 11) is 0. The minimum Gasteiger partial charge on any atom is -0.340 e. The molecule has 0 aliphatic carbocycles. The van der Waals surface area contributed by atoms with E-state index in [-0.39, 0.29) is 23.9 Å². The molecule has 0 aliphatic heterocycles. The number of carbonyl (C=O) groups is 1. The Morgan fingerprint density at radius 3 is 2.50 bits per heavy atom. The van der Waals surface area contributed by atoms with E-state index in [1.807, 2.05) is 30.3 Å². The van der Waals surface area contributed by atoms with Crippen LogP contribution < -0.4 is 5.32 Å². The van der Waals surface area contributed by atoms with Crippen LogP contribution in [-0.2, 0) is 0 Å². The molecular formula is C23H26N6O. The highest BCUT2D eigenvalue weighted by atomic mass is 16.2. The zero-order valence-corrected chi connectivity index (χ0v) is 17.6. The molecule has 1 amide bonds. The van der Waals surface area contributed by atoms with E-state index in [2.05, 4.69) is 58.8 Å². The molecule has 3 aromatic heterocycles. The Balaban J connectivity index is 1.65. The van der Waals surface area contributed by atoms with Crippen LogP contribution in [0, 0.1) is 5.92 Å². The second kappa shape index (κ2) is 8.10. The first kappa shape index (κ1) is 19.8. The average molecular weight is 403 g/mol. The molecule has 0 fully saturated rings. The number of para-hydroxylation sites is 2. The molecule has 0 radical (unpaired) electrons. The summed E-state index contributed by atoms with van der Waals surface area (Å²) in [6.45, 7) is 8.44.